The summed E-state index contributed by atoms with van der Waals surface area (Å²) in [5.74, 6) is 0.989. The van der Waals surface area contributed by atoms with E-state index in [4.69, 9.17) is 0 Å². The first-order valence-corrected chi connectivity index (χ1v) is 7.71. The van der Waals surface area contributed by atoms with Crippen molar-refractivity contribution in [3.63, 3.8) is 0 Å². The van der Waals surface area contributed by atoms with Crippen LogP contribution in [-0.2, 0) is 6.42 Å². The molecule has 0 bridgehead atoms. The average Bonchev–Trinajstić information content (AvgIpc) is 2.76. The Morgan fingerprint density at radius 3 is 2.84 bits per heavy atom. The number of hydrogen-bond donors (Lipinski definition) is 1. The molecule has 0 aliphatic rings. The minimum Gasteiger partial charge on any atom is -0.478 e. The van der Waals surface area contributed by atoms with Gasteiger partial charge in [0, 0.05) is 18.2 Å². The maximum absolute atomic E-state index is 11.4. The second-order valence-corrected chi connectivity index (χ2v) is 5.45. The fourth-order valence-corrected chi connectivity index (χ4v) is 3.04. The number of imidazole rings is 1. The van der Waals surface area contributed by atoms with E-state index in [1.54, 1.807) is 23.9 Å². The van der Waals surface area contributed by atoms with Crippen molar-refractivity contribution in [3.8, 4) is 0 Å². The molecule has 0 saturated carbocycles. The minimum atomic E-state index is -0.897. The highest BCUT2D eigenvalue weighted by Gasteiger charge is 2.19. The molecule has 0 saturated heterocycles. The van der Waals surface area contributed by atoms with Crippen LogP contribution in [0.25, 0.3) is 11.0 Å². The zero-order chi connectivity index (χ0) is 14.0. The lowest BCUT2D eigenvalue weighted by Crippen LogP contribution is -2.13. The van der Waals surface area contributed by atoms with Crippen LogP contribution in [0.4, 0.5) is 0 Å². The van der Waals surface area contributed by atoms with E-state index < -0.39 is 5.97 Å². The molecule has 0 amide bonds. The molecule has 1 aromatic heterocycles. The minimum absolute atomic E-state index is 0.232. The lowest BCUT2D eigenvalue weighted by Gasteiger charge is -2.17. The smallest absolute Gasteiger partial charge is 0.337 e. The Labute approximate surface area is 116 Å². The molecule has 102 valence electrons. The van der Waals surface area contributed by atoms with E-state index in [0.717, 1.165) is 29.0 Å². The van der Waals surface area contributed by atoms with Crippen LogP contribution >= 0.6 is 11.8 Å². The van der Waals surface area contributed by atoms with Gasteiger partial charge in [-0.25, -0.2) is 9.78 Å². The van der Waals surface area contributed by atoms with Crippen LogP contribution in [-0.4, -0.2) is 32.6 Å². The summed E-state index contributed by atoms with van der Waals surface area (Å²) in [5, 5.41) is 9.35. The molecule has 2 rings (SSSR count). The standard InChI is InChI=1S/C14H18N2O2S/c1-4-12-15-11-7-5-6-10(14(17)18)13(11)16(12)9(2)8-19-3/h5-7,9H,4,8H2,1-3H3,(H,17,18). The molecular weight excluding hydrogens is 260 g/mol. The Bertz CT molecular complexity index is 607. The average molecular weight is 278 g/mol. The number of aryl methyl sites for hydroxylation is 1. The molecule has 5 heteroatoms. The summed E-state index contributed by atoms with van der Waals surface area (Å²) in [5.41, 5.74) is 1.84. The summed E-state index contributed by atoms with van der Waals surface area (Å²) in [4.78, 5) is 16.0. The van der Waals surface area contributed by atoms with Gasteiger partial charge in [0.1, 0.15) is 5.82 Å². The highest BCUT2D eigenvalue weighted by Crippen LogP contribution is 2.26. The van der Waals surface area contributed by atoms with Gasteiger partial charge in [0.15, 0.2) is 0 Å². The third kappa shape index (κ3) is 2.47. The van der Waals surface area contributed by atoms with Crippen molar-refractivity contribution in [3.05, 3.63) is 29.6 Å². The molecule has 1 aromatic carbocycles. The van der Waals surface area contributed by atoms with Crippen molar-refractivity contribution in [2.75, 3.05) is 12.0 Å². The fourth-order valence-electron chi connectivity index (χ4n) is 2.41. The first kappa shape index (κ1) is 13.9. The number of aromatic nitrogens is 2. The third-order valence-corrected chi connectivity index (χ3v) is 3.99. The van der Waals surface area contributed by atoms with Crippen LogP contribution in [0, 0.1) is 0 Å². The predicted octanol–water partition coefficient (Wildman–Crippen LogP) is 3.22. The molecule has 19 heavy (non-hydrogen) atoms. The molecule has 1 atom stereocenters. The van der Waals surface area contributed by atoms with Crippen molar-refractivity contribution < 1.29 is 9.90 Å². The number of carboxylic acids is 1. The Kier molecular flexibility index (Phi) is 4.14. The summed E-state index contributed by atoms with van der Waals surface area (Å²) in [6, 6.07) is 5.51. The molecule has 2 aromatic rings. The lowest BCUT2D eigenvalue weighted by molar-refractivity contribution is 0.0698. The van der Waals surface area contributed by atoms with E-state index in [-0.39, 0.29) is 6.04 Å². The molecule has 1 unspecified atom stereocenters. The van der Waals surface area contributed by atoms with Crippen molar-refractivity contribution in [2.45, 2.75) is 26.3 Å². The molecule has 0 fully saturated rings. The quantitative estimate of drug-likeness (QED) is 0.912. The second kappa shape index (κ2) is 5.65. The van der Waals surface area contributed by atoms with Crippen LogP contribution in [0.15, 0.2) is 18.2 Å². The molecule has 0 radical (unpaired) electrons. The number of nitrogens with zero attached hydrogens (tertiary/aromatic N) is 2. The number of hydrogen-bond acceptors (Lipinski definition) is 3. The van der Waals surface area contributed by atoms with Gasteiger partial charge in [-0.1, -0.05) is 13.0 Å². The van der Waals surface area contributed by atoms with Gasteiger partial charge < -0.3 is 9.67 Å². The zero-order valence-corrected chi connectivity index (χ0v) is 12.2. The summed E-state index contributed by atoms with van der Waals surface area (Å²) in [7, 11) is 0. The number of benzene rings is 1. The molecule has 0 aliphatic heterocycles. The van der Waals surface area contributed by atoms with Crippen LogP contribution in [0.1, 0.15) is 36.1 Å². The van der Waals surface area contributed by atoms with Crippen LogP contribution in [0.3, 0.4) is 0 Å². The molecule has 1 heterocycles. The zero-order valence-electron chi connectivity index (χ0n) is 11.4. The number of aromatic carboxylic acids is 1. The van der Waals surface area contributed by atoms with Gasteiger partial charge in [-0.3, -0.25) is 0 Å². The van der Waals surface area contributed by atoms with E-state index in [2.05, 4.69) is 22.7 Å². The number of rotatable bonds is 5. The largest absolute Gasteiger partial charge is 0.478 e. The number of fused-ring (bicyclic) bond motifs is 1. The monoisotopic (exact) mass is 278 g/mol. The maximum Gasteiger partial charge on any atom is 0.337 e. The molecule has 1 N–H and O–H groups in total. The normalized spacial score (nSPS) is 12.8. The van der Waals surface area contributed by atoms with Crippen molar-refractivity contribution in [1.82, 2.24) is 9.55 Å². The summed E-state index contributed by atoms with van der Waals surface area (Å²) < 4.78 is 2.08. The van der Waals surface area contributed by atoms with E-state index in [9.17, 15) is 9.90 Å². The van der Waals surface area contributed by atoms with Gasteiger partial charge in [0.2, 0.25) is 0 Å². The second-order valence-electron chi connectivity index (χ2n) is 4.53. The van der Waals surface area contributed by atoms with E-state index in [1.807, 2.05) is 13.0 Å². The predicted molar refractivity (Wildman–Crippen MR) is 79.2 cm³/mol. The number of para-hydroxylation sites is 1. The maximum atomic E-state index is 11.4. The Balaban J connectivity index is 2.73. The lowest BCUT2D eigenvalue weighted by atomic mass is 10.1. The first-order chi connectivity index (χ1) is 9.10. The summed E-state index contributed by atoms with van der Waals surface area (Å²) >= 11 is 1.75. The first-order valence-electron chi connectivity index (χ1n) is 6.32. The molecular formula is C14H18N2O2S. The summed E-state index contributed by atoms with van der Waals surface area (Å²) in [6.07, 6.45) is 2.85. The fraction of sp³-hybridized carbons (Fsp3) is 0.429. The van der Waals surface area contributed by atoms with Gasteiger partial charge in [-0.15, -0.1) is 0 Å². The van der Waals surface area contributed by atoms with Crippen molar-refractivity contribution >= 4 is 28.8 Å². The Morgan fingerprint density at radius 2 is 2.26 bits per heavy atom. The van der Waals surface area contributed by atoms with Gasteiger partial charge in [0.25, 0.3) is 0 Å². The van der Waals surface area contributed by atoms with E-state index in [1.165, 1.54) is 0 Å². The van der Waals surface area contributed by atoms with E-state index in [0.29, 0.717) is 5.56 Å². The van der Waals surface area contributed by atoms with Gasteiger partial charge >= 0.3 is 5.97 Å². The van der Waals surface area contributed by atoms with Gasteiger partial charge in [-0.2, -0.15) is 11.8 Å². The Morgan fingerprint density at radius 1 is 1.53 bits per heavy atom. The highest BCUT2D eigenvalue weighted by molar-refractivity contribution is 7.98. The Hall–Kier alpha value is -1.49. The van der Waals surface area contributed by atoms with Gasteiger partial charge in [-0.05, 0) is 25.3 Å². The third-order valence-electron chi connectivity index (χ3n) is 3.18. The van der Waals surface area contributed by atoms with Gasteiger partial charge in [0.05, 0.1) is 16.6 Å². The number of carboxylic acid groups (broad SMARTS) is 1. The van der Waals surface area contributed by atoms with Crippen LogP contribution in [0.5, 0.6) is 0 Å². The van der Waals surface area contributed by atoms with Crippen molar-refractivity contribution in [1.29, 1.82) is 0 Å². The topological polar surface area (TPSA) is 55.1 Å². The SMILES string of the molecule is CCc1nc2cccc(C(=O)O)c2n1C(C)CSC. The highest BCUT2D eigenvalue weighted by atomic mass is 32.2. The summed E-state index contributed by atoms with van der Waals surface area (Å²) in [6.45, 7) is 4.15. The number of thioether (sulfide) groups is 1. The molecule has 0 spiro atoms. The molecule has 0 aliphatic carbocycles. The molecule has 4 nitrogen and oxygen atoms in total. The van der Waals surface area contributed by atoms with Crippen molar-refractivity contribution in [2.24, 2.45) is 0 Å². The van der Waals surface area contributed by atoms with Crippen LogP contribution < -0.4 is 0 Å². The van der Waals surface area contributed by atoms with Crippen LogP contribution in [0.2, 0.25) is 0 Å². The number of carbonyl (C=O) groups is 1. The van der Waals surface area contributed by atoms with E-state index >= 15 is 0 Å².